The van der Waals surface area contributed by atoms with Gasteiger partial charge in [0.2, 0.25) is 5.95 Å². The average molecular weight is 256 g/mol. The van der Waals surface area contributed by atoms with Gasteiger partial charge in [0.15, 0.2) is 6.61 Å². The number of carbonyl (C=O) groups is 1. The Morgan fingerprint density at radius 2 is 2.42 bits per heavy atom. The van der Waals surface area contributed by atoms with E-state index in [0.717, 1.165) is 5.56 Å². The molecule has 1 aromatic carbocycles. The first-order chi connectivity index (χ1) is 9.17. The number of nitrogens with zero attached hydrogens (tertiary/aromatic N) is 2. The average Bonchev–Trinajstić information content (AvgIpc) is 2.84. The molecule has 0 saturated carbocycles. The summed E-state index contributed by atoms with van der Waals surface area (Å²) in [6.45, 7) is 1.82. The second kappa shape index (κ2) is 5.69. The number of nitrogens with one attached hydrogen (secondary N) is 2. The third kappa shape index (κ3) is 3.57. The lowest BCUT2D eigenvalue weighted by Gasteiger charge is -2.06. The van der Waals surface area contributed by atoms with E-state index in [1.54, 1.807) is 6.07 Å². The second-order valence-electron chi connectivity index (χ2n) is 3.91. The van der Waals surface area contributed by atoms with Crippen LogP contribution in [0.25, 0.3) is 0 Å². The van der Waals surface area contributed by atoms with E-state index in [1.807, 2.05) is 31.2 Å². The Morgan fingerprint density at radius 1 is 1.58 bits per heavy atom. The van der Waals surface area contributed by atoms with Crippen LogP contribution in [-0.2, 0) is 4.79 Å². The number of carbonyl (C=O) groups excluding carboxylic acids is 1. The molecule has 0 atom stereocenters. The van der Waals surface area contributed by atoms with E-state index in [4.69, 9.17) is 10.00 Å². The van der Waals surface area contributed by atoms with Crippen LogP contribution in [0.2, 0.25) is 0 Å². The van der Waals surface area contributed by atoms with Gasteiger partial charge in [-0.15, -0.1) is 0 Å². The van der Waals surface area contributed by atoms with E-state index in [0.29, 0.717) is 5.75 Å². The Labute approximate surface area is 110 Å². The normalized spacial score (nSPS) is 9.68. The van der Waals surface area contributed by atoms with E-state index in [9.17, 15) is 4.79 Å². The quantitative estimate of drug-likeness (QED) is 0.869. The first-order valence-electron chi connectivity index (χ1n) is 5.62. The van der Waals surface area contributed by atoms with Gasteiger partial charge in [-0.1, -0.05) is 12.1 Å². The molecule has 1 heterocycles. The fourth-order valence-electron chi connectivity index (χ4n) is 1.46. The van der Waals surface area contributed by atoms with Crippen molar-refractivity contribution in [3.8, 4) is 11.8 Å². The molecular formula is C13H12N4O2. The Bertz CT molecular complexity index is 628. The molecule has 0 saturated heterocycles. The van der Waals surface area contributed by atoms with Crippen molar-refractivity contribution in [2.75, 3.05) is 11.9 Å². The van der Waals surface area contributed by atoms with Gasteiger partial charge in [0, 0.05) is 0 Å². The topological polar surface area (TPSA) is 90.8 Å². The Kier molecular flexibility index (Phi) is 3.78. The summed E-state index contributed by atoms with van der Waals surface area (Å²) in [5.74, 6) is 0.516. The number of rotatable bonds is 4. The van der Waals surface area contributed by atoms with Gasteiger partial charge in [-0.3, -0.25) is 10.1 Å². The molecule has 0 bridgehead atoms. The van der Waals surface area contributed by atoms with Crippen LogP contribution in [0, 0.1) is 18.3 Å². The van der Waals surface area contributed by atoms with Gasteiger partial charge in [-0.05, 0) is 24.6 Å². The molecule has 1 amide bonds. The molecule has 6 nitrogen and oxygen atoms in total. The minimum Gasteiger partial charge on any atom is -0.484 e. The molecule has 96 valence electrons. The highest BCUT2D eigenvalue weighted by Gasteiger charge is 2.06. The Hall–Kier alpha value is -2.81. The fraction of sp³-hybridized carbons (Fsp3) is 0.154. The third-order valence-corrected chi connectivity index (χ3v) is 2.31. The number of amides is 1. The molecule has 2 aromatic rings. The molecule has 0 radical (unpaired) electrons. The highest BCUT2D eigenvalue weighted by atomic mass is 16.5. The standard InChI is InChI=1S/C13H12N4O2/c1-9-3-2-4-11(5-9)19-8-12(18)17-13-15-7-10(6-14)16-13/h2-5,7H,8H2,1H3,(H2,15,16,17,18). The lowest BCUT2D eigenvalue weighted by atomic mass is 10.2. The first kappa shape index (κ1) is 12.6. The third-order valence-electron chi connectivity index (χ3n) is 2.31. The summed E-state index contributed by atoms with van der Waals surface area (Å²) in [7, 11) is 0. The maximum absolute atomic E-state index is 11.6. The largest absolute Gasteiger partial charge is 0.484 e. The summed E-state index contributed by atoms with van der Waals surface area (Å²) in [6, 6.07) is 9.30. The van der Waals surface area contributed by atoms with Crippen molar-refractivity contribution in [2.45, 2.75) is 6.92 Å². The van der Waals surface area contributed by atoms with E-state index in [1.165, 1.54) is 6.20 Å². The number of H-pyrrole nitrogens is 1. The summed E-state index contributed by atoms with van der Waals surface area (Å²) in [6.07, 6.45) is 1.34. The Morgan fingerprint density at radius 3 is 3.11 bits per heavy atom. The number of aryl methyl sites for hydroxylation is 1. The van der Waals surface area contributed by atoms with Gasteiger partial charge in [-0.2, -0.15) is 5.26 Å². The van der Waals surface area contributed by atoms with Crippen molar-refractivity contribution in [3.05, 3.63) is 41.7 Å². The van der Waals surface area contributed by atoms with Crippen molar-refractivity contribution in [1.29, 1.82) is 5.26 Å². The summed E-state index contributed by atoms with van der Waals surface area (Å²) >= 11 is 0. The van der Waals surface area contributed by atoms with Gasteiger partial charge in [0.25, 0.3) is 5.91 Å². The number of aromatic nitrogens is 2. The smallest absolute Gasteiger partial charge is 0.264 e. The minimum absolute atomic E-state index is 0.119. The van der Waals surface area contributed by atoms with Crippen LogP contribution >= 0.6 is 0 Å². The summed E-state index contributed by atoms with van der Waals surface area (Å²) in [5.41, 5.74) is 1.34. The molecule has 2 rings (SSSR count). The number of hydrogen-bond donors (Lipinski definition) is 2. The van der Waals surface area contributed by atoms with Crippen LogP contribution in [-0.4, -0.2) is 22.5 Å². The highest BCUT2D eigenvalue weighted by molar-refractivity contribution is 5.90. The molecule has 19 heavy (non-hydrogen) atoms. The Balaban J connectivity index is 1.86. The van der Waals surface area contributed by atoms with Crippen LogP contribution in [0.4, 0.5) is 5.95 Å². The van der Waals surface area contributed by atoms with Gasteiger partial charge < -0.3 is 9.72 Å². The molecular weight excluding hydrogens is 244 g/mol. The molecule has 0 aliphatic heterocycles. The predicted molar refractivity (Wildman–Crippen MR) is 68.6 cm³/mol. The number of imidazole rings is 1. The summed E-state index contributed by atoms with van der Waals surface area (Å²) < 4.78 is 5.34. The predicted octanol–water partition coefficient (Wildman–Crippen LogP) is 1.61. The molecule has 0 fully saturated rings. The van der Waals surface area contributed by atoms with E-state index in [-0.39, 0.29) is 24.2 Å². The van der Waals surface area contributed by atoms with Crippen molar-refractivity contribution >= 4 is 11.9 Å². The molecule has 1 aromatic heterocycles. The second-order valence-corrected chi connectivity index (χ2v) is 3.91. The number of benzene rings is 1. The van der Waals surface area contributed by atoms with Crippen LogP contribution in [0.15, 0.2) is 30.5 Å². The zero-order valence-electron chi connectivity index (χ0n) is 10.3. The number of nitriles is 1. The van der Waals surface area contributed by atoms with Crippen molar-refractivity contribution < 1.29 is 9.53 Å². The number of hydrogen-bond acceptors (Lipinski definition) is 4. The monoisotopic (exact) mass is 256 g/mol. The maximum atomic E-state index is 11.6. The number of ether oxygens (including phenoxy) is 1. The van der Waals surface area contributed by atoms with Crippen LogP contribution < -0.4 is 10.1 Å². The molecule has 0 spiro atoms. The summed E-state index contributed by atoms with van der Waals surface area (Å²) in [4.78, 5) is 18.1. The van der Waals surface area contributed by atoms with Gasteiger partial charge in [0.1, 0.15) is 17.5 Å². The van der Waals surface area contributed by atoms with E-state index < -0.39 is 0 Å². The zero-order valence-corrected chi connectivity index (χ0v) is 10.3. The zero-order chi connectivity index (χ0) is 13.7. The SMILES string of the molecule is Cc1cccc(OCC(=O)Nc2ncc(C#N)[nH]2)c1. The minimum atomic E-state index is -0.347. The van der Waals surface area contributed by atoms with Gasteiger partial charge >= 0.3 is 0 Å². The lowest BCUT2D eigenvalue weighted by Crippen LogP contribution is -2.20. The van der Waals surface area contributed by atoms with Crippen molar-refractivity contribution in [3.63, 3.8) is 0 Å². The molecule has 0 aliphatic rings. The van der Waals surface area contributed by atoms with Crippen LogP contribution in [0.1, 0.15) is 11.3 Å². The van der Waals surface area contributed by atoms with Crippen molar-refractivity contribution in [1.82, 2.24) is 9.97 Å². The molecule has 0 aliphatic carbocycles. The molecule has 0 unspecified atom stereocenters. The number of anilines is 1. The number of aromatic amines is 1. The lowest BCUT2D eigenvalue weighted by molar-refractivity contribution is -0.118. The molecule has 6 heteroatoms. The summed E-state index contributed by atoms with van der Waals surface area (Å²) in [5, 5.41) is 11.1. The van der Waals surface area contributed by atoms with E-state index in [2.05, 4.69) is 15.3 Å². The van der Waals surface area contributed by atoms with Gasteiger partial charge in [0.05, 0.1) is 6.20 Å². The van der Waals surface area contributed by atoms with E-state index >= 15 is 0 Å². The fourth-order valence-corrected chi connectivity index (χ4v) is 1.46. The highest BCUT2D eigenvalue weighted by Crippen LogP contribution is 2.12. The first-order valence-corrected chi connectivity index (χ1v) is 5.62. The van der Waals surface area contributed by atoms with Crippen LogP contribution in [0.5, 0.6) is 5.75 Å². The van der Waals surface area contributed by atoms with Crippen molar-refractivity contribution in [2.24, 2.45) is 0 Å². The van der Waals surface area contributed by atoms with Gasteiger partial charge in [-0.25, -0.2) is 4.98 Å². The maximum Gasteiger partial charge on any atom is 0.264 e. The van der Waals surface area contributed by atoms with Crippen LogP contribution in [0.3, 0.4) is 0 Å². The molecule has 2 N–H and O–H groups in total.